The van der Waals surface area contributed by atoms with Gasteiger partial charge in [-0.2, -0.15) is 4.98 Å². The van der Waals surface area contributed by atoms with Crippen LogP contribution in [-0.2, 0) is 22.7 Å². The van der Waals surface area contributed by atoms with Crippen molar-refractivity contribution in [1.29, 1.82) is 0 Å². The van der Waals surface area contributed by atoms with Gasteiger partial charge in [0.2, 0.25) is 0 Å². The molecule has 2 rings (SSSR count). The van der Waals surface area contributed by atoms with Gasteiger partial charge in [0.15, 0.2) is 5.82 Å². The van der Waals surface area contributed by atoms with Crippen molar-refractivity contribution in [3.63, 3.8) is 0 Å². The number of nitrogens with zero attached hydrogens (tertiary/aromatic N) is 2. The Labute approximate surface area is 104 Å². The summed E-state index contributed by atoms with van der Waals surface area (Å²) < 4.78 is 14.5. The molecule has 0 aliphatic carbocycles. The van der Waals surface area contributed by atoms with E-state index in [0.717, 1.165) is 5.56 Å². The van der Waals surface area contributed by atoms with Crippen molar-refractivity contribution in [3.8, 4) is 0 Å². The molecule has 6 nitrogen and oxygen atoms in total. The van der Waals surface area contributed by atoms with Crippen LogP contribution in [-0.4, -0.2) is 23.2 Å². The number of ether oxygens (including phenoxy) is 2. The SMILES string of the molecule is COC(=O)c1nc(COCc2ccccc2)no1. The van der Waals surface area contributed by atoms with Crippen LogP contribution in [0.1, 0.15) is 22.1 Å². The first-order chi connectivity index (χ1) is 8.79. The first-order valence-electron chi connectivity index (χ1n) is 5.32. The zero-order valence-electron chi connectivity index (χ0n) is 9.83. The summed E-state index contributed by atoms with van der Waals surface area (Å²) in [4.78, 5) is 14.9. The molecule has 6 heteroatoms. The molecule has 0 aliphatic heterocycles. The van der Waals surface area contributed by atoms with E-state index >= 15 is 0 Å². The van der Waals surface area contributed by atoms with Crippen LogP contribution in [0.4, 0.5) is 0 Å². The molecule has 0 saturated carbocycles. The zero-order chi connectivity index (χ0) is 12.8. The van der Waals surface area contributed by atoms with E-state index in [1.54, 1.807) is 0 Å². The number of carbonyl (C=O) groups excluding carboxylic acids is 1. The van der Waals surface area contributed by atoms with Gasteiger partial charge in [-0.25, -0.2) is 4.79 Å². The van der Waals surface area contributed by atoms with Gasteiger partial charge >= 0.3 is 11.9 Å². The molecule has 2 aromatic rings. The van der Waals surface area contributed by atoms with Gasteiger partial charge in [-0.1, -0.05) is 35.5 Å². The zero-order valence-corrected chi connectivity index (χ0v) is 9.83. The summed E-state index contributed by atoms with van der Waals surface area (Å²) in [5, 5.41) is 3.60. The highest BCUT2D eigenvalue weighted by Crippen LogP contribution is 2.04. The van der Waals surface area contributed by atoms with Crippen LogP contribution < -0.4 is 0 Å². The fourth-order valence-electron chi connectivity index (χ4n) is 1.32. The van der Waals surface area contributed by atoms with Crippen molar-refractivity contribution < 1.29 is 18.8 Å². The highest BCUT2D eigenvalue weighted by Gasteiger charge is 2.14. The number of rotatable bonds is 5. The third-order valence-electron chi connectivity index (χ3n) is 2.17. The molecule has 0 atom stereocenters. The summed E-state index contributed by atoms with van der Waals surface area (Å²) >= 11 is 0. The van der Waals surface area contributed by atoms with E-state index < -0.39 is 5.97 Å². The molecular formula is C12H12N2O4. The summed E-state index contributed by atoms with van der Waals surface area (Å²) in [5.74, 6) is -0.515. The molecule has 0 radical (unpaired) electrons. The van der Waals surface area contributed by atoms with E-state index in [0.29, 0.717) is 12.4 Å². The van der Waals surface area contributed by atoms with Gasteiger partial charge in [-0.05, 0) is 5.56 Å². The Kier molecular flexibility index (Phi) is 4.03. The van der Waals surface area contributed by atoms with E-state index in [4.69, 9.17) is 9.26 Å². The molecule has 0 N–H and O–H groups in total. The standard InChI is InChI=1S/C12H12N2O4/c1-16-12(15)11-13-10(14-18-11)8-17-7-9-5-3-2-4-6-9/h2-6H,7-8H2,1H3. The molecule has 0 fully saturated rings. The van der Waals surface area contributed by atoms with Crippen molar-refractivity contribution in [2.24, 2.45) is 0 Å². The summed E-state index contributed by atoms with van der Waals surface area (Å²) in [6.45, 7) is 0.623. The lowest BCUT2D eigenvalue weighted by Gasteiger charge is -2.00. The van der Waals surface area contributed by atoms with Gasteiger partial charge < -0.3 is 14.0 Å². The lowest BCUT2D eigenvalue weighted by molar-refractivity contribution is 0.0545. The van der Waals surface area contributed by atoms with Crippen LogP contribution >= 0.6 is 0 Å². The quantitative estimate of drug-likeness (QED) is 0.748. The normalized spacial score (nSPS) is 10.3. The molecule has 1 aromatic carbocycles. The Balaban J connectivity index is 1.84. The number of esters is 1. The number of benzene rings is 1. The maximum absolute atomic E-state index is 11.1. The first-order valence-corrected chi connectivity index (χ1v) is 5.32. The van der Waals surface area contributed by atoms with Crippen molar-refractivity contribution in [1.82, 2.24) is 10.1 Å². The smallest absolute Gasteiger partial charge is 0.397 e. The minimum absolute atomic E-state index is 0.171. The summed E-state index contributed by atoms with van der Waals surface area (Å²) in [6.07, 6.45) is 0. The first kappa shape index (κ1) is 12.3. The molecule has 0 saturated heterocycles. The van der Waals surface area contributed by atoms with Gasteiger partial charge in [-0.3, -0.25) is 0 Å². The van der Waals surface area contributed by atoms with Gasteiger partial charge in [0, 0.05) is 0 Å². The maximum Gasteiger partial charge on any atom is 0.397 e. The number of methoxy groups -OCH3 is 1. The molecular weight excluding hydrogens is 236 g/mol. The largest absolute Gasteiger partial charge is 0.462 e. The lowest BCUT2D eigenvalue weighted by atomic mass is 10.2. The molecule has 18 heavy (non-hydrogen) atoms. The summed E-state index contributed by atoms with van der Waals surface area (Å²) in [7, 11) is 1.25. The Bertz CT molecular complexity index is 510. The van der Waals surface area contributed by atoms with Crippen molar-refractivity contribution in [2.75, 3.05) is 7.11 Å². The van der Waals surface area contributed by atoms with Crippen LogP contribution in [0.25, 0.3) is 0 Å². The van der Waals surface area contributed by atoms with Crippen LogP contribution in [0.3, 0.4) is 0 Å². The molecule has 0 spiro atoms. The van der Waals surface area contributed by atoms with Crippen molar-refractivity contribution in [3.05, 3.63) is 47.6 Å². The Morgan fingerprint density at radius 2 is 2.06 bits per heavy atom. The summed E-state index contributed by atoms with van der Waals surface area (Å²) in [5.41, 5.74) is 1.05. The Morgan fingerprint density at radius 1 is 1.28 bits per heavy atom. The van der Waals surface area contributed by atoms with Crippen LogP contribution in [0.5, 0.6) is 0 Å². The summed E-state index contributed by atoms with van der Waals surface area (Å²) in [6, 6.07) is 9.71. The van der Waals surface area contributed by atoms with Gasteiger partial charge in [0.05, 0.1) is 13.7 Å². The molecule has 0 unspecified atom stereocenters. The van der Waals surface area contributed by atoms with Gasteiger partial charge in [-0.15, -0.1) is 0 Å². The third kappa shape index (κ3) is 3.14. The molecule has 0 amide bonds. The minimum atomic E-state index is -0.656. The van der Waals surface area contributed by atoms with E-state index in [2.05, 4.69) is 14.9 Å². The monoisotopic (exact) mass is 248 g/mol. The van der Waals surface area contributed by atoms with Crippen molar-refractivity contribution >= 4 is 5.97 Å². The highest BCUT2D eigenvalue weighted by molar-refractivity contribution is 5.83. The highest BCUT2D eigenvalue weighted by atomic mass is 16.6. The molecule has 1 aromatic heterocycles. The number of hydrogen-bond donors (Lipinski definition) is 0. The maximum atomic E-state index is 11.1. The van der Waals surface area contributed by atoms with Gasteiger partial charge in [0.25, 0.3) is 0 Å². The van der Waals surface area contributed by atoms with Gasteiger partial charge in [0.1, 0.15) is 6.61 Å². The van der Waals surface area contributed by atoms with E-state index in [-0.39, 0.29) is 12.5 Å². The lowest BCUT2D eigenvalue weighted by Crippen LogP contribution is -2.02. The Morgan fingerprint density at radius 3 is 2.78 bits per heavy atom. The predicted octanol–water partition coefficient (Wildman–Crippen LogP) is 1.57. The predicted molar refractivity (Wildman–Crippen MR) is 60.6 cm³/mol. The molecule has 0 aliphatic rings. The fraction of sp³-hybridized carbons (Fsp3) is 0.250. The topological polar surface area (TPSA) is 74.5 Å². The third-order valence-corrected chi connectivity index (χ3v) is 2.17. The van der Waals surface area contributed by atoms with E-state index in [9.17, 15) is 4.79 Å². The van der Waals surface area contributed by atoms with Crippen LogP contribution in [0.15, 0.2) is 34.9 Å². The van der Waals surface area contributed by atoms with E-state index in [1.807, 2.05) is 30.3 Å². The number of carbonyl (C=O) groups is 1. The number of hydrogen-bond acceptors (Lipinski definition) is 6. The van der Waals surface area contributed by atoms with Crippen LogP contribution in [0, 0.1) is 0 Å². The molecule has 94 valence electrons. The van der Waals surface area contributed by atoms with E-state index in [1.165, 1.54) is 7.11 Å². The second kappa shape index (κ2) is 5.92. The van der Waals surface area contributed by atoms with Crippen molar-refractivity contribution in [2.45, 2.75) is 13.2 Å². The van der Waals surface area contributed by atoms with Crippen LogP contribution in [0.2, 0.25) is 0 Å². The average molecular weight is 248 g/mol. The second-order valence-electron chi connectivity index (χ2n) is 3.49. The molecule has 0 bridgehead atoms. The fourth-order valence-corrected chi connectivity index (χ4v) is 1.32. The molecule has 1 heterocycles. The second-order valence-corrected chi connectivity index (χ2v) is 3.49. The average Bonchev–Trinajstić information content (AvgIpc) is 2.88. The minimum Gasteiger partial charge on any atom is -0.462 e. The number of aromatic nitrogens is 2. The Hall–Kier alpha value is -2.21.